The minimum atomic E-state index is -0.331. The standard InChI is InChI=1S/C11H13BrN2O2S/c12-10-4-3-9(17-10)8(15)6-14-5-1-2-7(14)11(13)16/h3-4,7H,1-2,5-6H2,(H2,13,16). The van der Waals surface area contributed by atoms with Gasteiger partial charge in [-0.1, -0.05) is 0 Å². The smallest absolute Gasteiger partial charge is 0.234 e. The number of primary amides is 1. The quantitative estimate of drug-likeness (QED) is 0.859. The van der Waals surface area contributed by atoms with Crippen molar-refractivity contribution < 1.29 is 9.59 Å². The number of thiophene rings is 1. The summed E-state index contributed by atoms with van der Waals surface area (Å²) in [7, 11) is 0. The molecule has 6 heteroatoms. The van der Waals surface area contributed by atoms with E-state index in [0.29, 0.717) is 4.88 Å². The fourth-order valence-electron chi connectivity index (χ4n) is 2.06. The molecule has 0 aliphatic carbocycles. The van der Waals surface area contributed by atoms with Gasteiger partial charge < -0.3 is 5.73 Å². The lowest BCUT2D eigenvalue weighted by Gasteiger charge is -2.20. The summed E-state index contributed by atoms with van der Waals surface area (Å²) in [5.41, 5.74) is 5.31. The van der Waals surface area contributed by atoms with E-state index in [4.69, 9.17) is 5.73 Å². The second-order valence-electron chi connectivity index (χ2n) is 4.06. The highest BCUT2D eigenvalue weighted by atomic mass is 79.9. The Kier molecular flexibility index (Phi) is 3.96. The predicted octanol–water partition coefficient (Wildman–Crippen LogP) is 1.64. The molecule has 92 valence electrons. The molecule has 1 amide bonds. The molecule has 0 spiro atoms. The second-order valence-corrected chi connectivity index (χ2v) is 6.52. The summed E-state index contributed by atoms with van der Waals surface area (Å²) >= 11 is 4.74. The van der Waals surface area contributed by atoms with E-state index in [2.05, 4.69) is 15.9 Å². The molecule has 0 saturated carbocycles. The van der Waals surface area contributed by atoms with Crippen LogP contribution in [0, 0.1) is 0 Å². The van der Waals surface area contributed by atoms with Crippen molar-refractivity contribution in [1.29, 1.82) is 0 Å². The van der Waals surface area contributed by atoms with Crippen LogP contribution in [0.3, 0.4) is 0 Å². The third kappa shape index (κ3) is 2.94. The fraction of sp³-hybridized carbons (Fsp3) is 0.455. The topological polar surface area (TPSA) is 63.4 Å². The number of halogens is 1. The Balaban J connectivity index is 2.01. The van der Waals surface area contributed by atoms with Crippen LogP contribution in [0.15, 0.2) is 15.9 Å². The monoisotopic (exact) mass is 316 g/mol. The van der Waals surface area contributed by atoms with Gasteiger partial charge in [-0.05, 0) is 47.4 Å². The highest BCUT2D eigenvalue weighted by molar-refractivity contribution is 9.11. The molecule has 0 bridgehead atoms. The van der Waals surface area contributed by atoms with Gasteiger partial charge in [0.05, 0.1) is 21.3 Å². The SMILES string of the molecule is NC(=O)C1CCCN1CC(=O)c1ccc(Br)s1. The molecule has 2 heterocycles. The highest BCUT2D eigenvalue weighted by Gasteiger charge is 2.30. The lowest BCUT2D eigenvalue weighted by molar-refractivity contribution is -0.122. The van der Waals surface area contributed by atoms with Crippen LogP contribution in [0.25, 0.3) is 0 Å². The zero-order chi connectivity index (χ0) is 12.4. The lowest BCUT2D eigenvalue weighted by Crippen LogP contribution is -2.42. The molecule has 17 heavy (non-hydrogen) atoms. The van der Waals surface area contributed by atoms with Gasteiger partial charge in [-0.2, -0.15) is 0 Å². The number of hydrogen-bond donors (Lipinski definition) is 1. The van der Waals surface area contributed by atoms with E-state index in [1.807, 2.05) is 11.0 Å². The Labute approximate surface area is 112 Å². The Morgan fingerprint density at radius 3 is 2.88 bits per heavy atom. The van der Waals surface area contributed by atoms with Crippen molar-refractivity contribution in [1.82, 2.24) is 4.90 Å². The number of carbonyl (C=O) groups excluding carboxylic acids is 2. The molecule has 1 aromatic heterocycles. The van der Waals surface area contributed by atoms with Gasteiger partial charge in [0.1, 0.15) is 0 Å². The van der Waals surface area contributed by atoms with Gasteiger partial charge in [-0.15, -0.1) is 11.3 Å². The number of likely N-dealkylation sites (tertiary alicyclic amines) is 1. The van der Waals surface area contributed by atoms with Crippen LogP contribution in [0.1, 0.15) is 22.5 Å². The van der Waals surface area contributed by atoms with Crippen LogP contribution in [-0.4, -0.2) is 35.7 Å². The van der Waals surface area contributed by atoms with E-state index < -0.39 is 0 Å². The Morgan fingerprint density at radius 1 is 1.53 bits per heavy atom. The first-order valence-corrected chi connectivity index (χ1v) is 7.01. The normalized spacial score (nSPS) is 20.6. The number of ketones is 1. The van der Waals surface area contributed by atoms with Gasteiger partial charge in [0.15, 0.2) is 5.78 Å². The number of amides is 1. The maximum atomic E-state index is 12.0. The maximum Gasteiger partial charge on any atom is 0.234 e. The average Bonchev–Trinajstić information content (AvgIpc) is 2.86. The molecule has 4 nitrogen and oxygen atoms in total. The van der Waals surface area contributed by atoms with Gasteiger partial charge in [-0.3, -0.25) is 14.5 Å². The molecule has 0 radical (unpaired) electrons. The van der Waals surface area contributed by atoms with Gasteiger partial charge in [0.25, 0.3) is 0 Å². The molecule has 0 aromatic carbocycles. The first-order valence-electron chi connectivity index (χ1n) is 5.40. The summed E-state index contributed by atoms with van der Waals surface area (Å²) in [5.74, 6) is -0.281. The van der Waals surface area contributed by atoms with Gasteiger partial charge >= 0.3 is 0 Å². The molecular formula is C11H13BrN2O2S. The molecule has 1 saturated heterocycles. The largest absolute Gasteiger partial charge is 0.368 e. The van der Waals surface area contributed by atoms with E-state index in [-0.39, 0.29) is 24.3 Å². The highest BCUT2D eigenvalue weighted by Crippen LogP contribution is 2.24. The Morgan fingerprint density at radius 2 is 2.29 bits per heavy atom. The van der Waals surface area contributed by atoms with Gasteiger partial charge in [0, 0.05) is 0 Å². The summed E-state index contributed by atoms with van der Waals surface area (Å²) in [6.45, 7) is 1.05. The van der Waals surface area contributed by atoms with Crippen molar-refractivity contribution in [3.8, 4) is 0 Å². The molecule has 1 aliphatic rings. The molecule has 1 fully saturated rings. The third-order valence-corrected chi connectivity index (χ3v) is 4.55. The number of Topliss-reactive ketones (excluding diaryl/α,β-unsaturated/α-hetero) is 1. The molecular weight excluding hydrogens is 304 g/mol. The van der Waals surface area contributed by atoms with Crippen molar-refractivity contribution in [2.75, 3.05) is 13.1 Å². The Hall–Kier alpha value is -0.720. The summed E-state index contributed by atoms with van der Waals surface area (Å²) in [5, 5.41) is 0. The summed E-state index contributed by atoms with van der Waals surface area (Å²) < 4.78 is 0.939. The van der Waals surface area contributed by atoms with Crippen LogP contribution < -0.4 is 5.73 Å². The van der Waals surface area contributed by atoms with Crippen molar-refractivity contribution in [2.24, 2.45) is 5.73 Å². The average molecular weight is 317 g/mol. The molecule has 1 atom stereocenters. The minimum Gasteiger partial charge on any atom is -0.368 e. The molecule has 1 aromatic rings. The van der Waals surface area contributed by atoms with Crippen molar-refractivity contribution in [2.45, 2.75) is 18.9 Å². The second kappa shape index (κ2) is 5.29. The summed E-state index contributed by atoms with van der Waals surface area (Å²) in [6, 6.07) is 3.38. The van der Waals surface area contributed by atoms with Crippen LogP contribution >= 0.6 is 27.3 Å². The predicted molar refractivity (Wildman–Crippen MR) is 70.1 cm³/mol. The molecule has 2 N–H and O–H groups in total. The molecule has 2 rings (SSSR count). The maximum absolute atomic E-state index is 12.0. The first kappa shape index (κ1) is 12.7. The van der Waals surface area contributed by atoms with Gasteiger partial charge in [-0.25, -0.2) is 0 Å². The van der Waals surface area contributed by atoms with Crippen molar-refractivity contribution >= 4 is 39.0 Å². The zero-order valence-corrected chi connectivity index (χ0v) is 11.6. The fourth-order valence-corrected chi connectivity index (χ4v) is 3.38. The molecule has 1 unspecified atom stereocenters. The number of rotatable bonds is 4. The first-order chi connectivity index (χ1) is 8.08. The number of nitrogens with two attached hydrogens (primary N) is 1. The summed E-state index contributed by atoms with van der Waals surface area (Å²) in [4.78, 5) is 25.8. The molecule has 1 aliphatic heterocycles. The third-order valence-electron chi connectivity index (χ3n) is 2.89. The van der Waals surface area contributed by atoms with Crippen LogP contribution in [-0.2, 0) is 4.79 Å². The van der Waals surface area contributed by atoms with Crippen LogP contribution in [0.4, 0.5) is 0 Å². The lowest BCUT2D eigenvalue weighted by atomic mass is 10.2. The van der Waals surface area contributed by atoms with E-state index in [9.17, 15) is 9.59 Å². The number of carbonyl (C=O) groups is 2. The zero-order valence-electron chi connectivity index (χ0n) is 9.19. The van der Waals surface area contributed by atoms with Crippen LogP contribution in [0.5, 0.6) is 0 Å². The van der Waals surface area contributed by atoms with Crippen LogP contribution in [0.2, 0.25) is 0 Å². The Bertz CT molecular complexity index is 446. The minimum absolute atomic E-state index is 0.0499. The van der Waals surface area contributed by atoms with Crippen molar-refractivity contribution in [3.63, 3.8) is 0 Å². The van der Waals surface area contributed by atoms with Crippen molar-refractivity contribution in [3.05, 3.63) is 20.8 Å². The number of hydrogen-bond acceptors (Lipinski definition) is 4. The summed E-state index contributed by atoms with van der Waals surface area (Å²) in [6.07, 6.45) is 1.69. The van der Waals surface area contributed by atoms with E-state index >= 15 is 0 Å². The number of nitrogens with zero attached hydrogens (tertiary/aromatic N) is 1. The van der Waals surface area contributed by atoms with Gasteiger partial charge in [0.2, 0.25) is 5.91 Å². The van der Waals surface area contributed by atoms with E-state index in [1.165, 1.54) is 11.3 Å². The van der Waals surface area contributed by atoms with E-state index in [0.717, 1.165) is 23.2 Å². The van der Waals surface area contributed by atoms with E-state index in [1.54, 1.807) is 6.07 Å².